The highest BCUT2D eigenvalue weighted by atomic mass is 16.6. The largest absolute Gasteiger partial charge is 0.464 e. The quantitative estimate of drug-likeness (QED) is 0.386. The minimum atomic E-state index is -0.585. The minimum absolute atomic E-state index is 0.115. The van der Waals surface area contributed by atoms with Crippen molar-refractivity contribution < 1.29 is 19.2 Å². The van der Waals surface area contributed by atoms with Crippen LogP contribution in [0, 0.1) is 10.1 Å². The number of ether oxygens (including phenoxy) is 1. The molecule has 0 atom stereocenters. The Morgan fingerprint density at radius 2 is 2.12 bits per heavy atom. The zero-order chi connectivity index (χ0) is 17.7. The van der Waals surface area contributed by atoms with Crippen molar-refractivity contribution in [2.75, 3.05) is 7.11 Å². The molecule has 0 fully saturated rings. The summed E-state index contributed by atoms with van der Waals surface area (Å²) < 4.78 is 6.20. The van der Waals surface area contributed by atoms with Gasteiger partial charge in [0.2, 0.25) is 0 Å². The van der Waals surface area contributed by atoms with Gasteiger partial charge in [0.1, 0.15) is 5.69 Å². The van der Waals surface area contributed by atoms with Crippen molar-refractivity contribution in [2.24, 2.45) is 12.1 Å². The summed E-state index contributed by atoms with van der Waals surface area (Å²) in [7, 11) is 2.95. The molecule has 0 aliphatic carbocycles. The molecule has 2 aromatic rings. The zero-order valence-electron chi connectivity index (χ0n) is 12.9. The summed E-state index contributed by atoms with van der Waals surface area (Å²) in [5.74, 6) is -1.07. The molecular weight excluding hydrogens is 316 g/mol. The molecule has 0 saturated carbocycles. The van der Waals surface area contributed by atoms with E-state index in [4.69, 9.17) is 0 Å². The average molecular weight is 330 g/mol. The summed E-state index contributed by atoms with van der Waals surface area (Å²) in [6.07, 6.45) is 2.98. The molecule has 1 N–H and O–H groups in total. The molecule has 1 amide bonds. The fraction of sp³-hybridized carbons (Fsp3) is 0.133. The second-order valence-corrected chi connectivity index (χ2v) is 4.77. The summed E-state index contributed by atoms with van der Waals surface area (Å²) in [5, 5.41) is 14.5. The number of non-ortho nitro benzene ring substituents is 1. The summed E-state index contributed by atoms with van der Waals surface area (Å²) in [6, 6.07) is 6.85. The number of hydrogen-bond donors (Lipinski definition) is 1. The number of aryl methyl sites for hydroxylation is 1. The molecule has 0 aliphatic rings. The van der Waals surface area contributed by atoms with E-state index in [0.29, 0.717) is 11.3 Å². The number of carbonyl (C=O) groups is 2. The van der Waals surface area contributed by atoms with Crippen LogP contribution in [0.15, 0.2) is 41.6 Å². The van der Waals surface area contributed by atoms with Crippen molar-refractivity contribution in [1.29, 1.82) is 0 Å². The molecule has 124 valence electrons. The van der Waals surface area contributed by atoms with Crippen LogP contribution in [0.3, 0.4) is 0 Å². The van der Waals surface area contributed by atoms with Crippen molar-refractivity contribution >= 4 is 23.8 Å². The number of aromatic nitrogens is 1. The van der Waals surface area contributed by atoms with Crippen LogP contribution in [0.1, 0.15) is 26.4 Å². The monoisotopic (exact) mass is 330 g/mol. The van der Waals surface area contributed by atoms with Crippen LogP contribution in [-0.4, -0.2) is 34.7 Å². The molecule has 9 heteroatoms. The highest BCUT2D eigenvalue weighted by Crippen LogP contribution is 2.13. The molecule has 0 saturated heterocycles. The number of nitrogens with one attached hydrogen (secondary N) is 1. The van der Waals surface area contributed by atoms with Gasteiger partial charge in [-0.2, -0.15) is 5.10 Å². The number of nitro benzene ring substituents is 1. The van der Waals surface area contributed by atoms with Gasteiger partial charge in [0.15, 0.2) is 0 Å². The summed E-state index contributed by atoms with van der Waals surface area (Å²) in [5.41, 5.74) is 3.12. The molecule has 0 radical (unpaired) electrons. The van der Waals surface area contributed by atoms with Crippen LogP contribution >= 0.6 is 0 Å². The van der Waals surface area contributed by atoms with Gasteiger partial charge in [-0.15, -0.1) is 0 Å². The first-order valence-corrected chi connectivity index (χ1v) is 6.75. The van der Waals surface area contributed by atoms with E-state index in [2.05, 4.69) is 15.3 Å². The maximum absolute atomic E-state index is 11.9. The fourth-order valence-electron chi connectivity index (χ4n) is 1.96. The van der Waals surface area contributed by atoms with E-state index < -0.39 is 16.8 Å². The molecule has 0 bridgehead atoms. The zero-order valence-corrected chi connectivity index (χ0v) is 12.9. The second kappa shape index (κ2) is 7.18. The van der Waals surface area contributed by atoms with Gasteiger partial charge < -0.3 is 9.30 Å². The first-order chi connectivity index (χ1) is 11.4. The van der Waals surface area contributed by atoms with Crippen molar-refractivity contribution in [3.63, 3.8) is 0 Å². The number of nitrogens with zero attached hydrogens (tertiary/aromatic N) is 3. The highest BCUT2D eigenvalue weighted by Gasteiger charge is 2.12. The Morgan fingerprint density at radius 1 is 1.38 bits per heavy atom. The lowest BCUT2D eigenvalue weighted by atomic mass is 10.2. The van der Waals surface area contributed by atoms with Crippen LogP contribution in [0.2, 0.25) is 0 Å². The first kappa shape index (κ1) is 16.9. The van der Waals surface area contributed by atoms with E-state index in [0.717, 1.165) is 6.07 Å². The van der Waals surface area contributed by atoms with E-state index in [1.165, 1.54) is 31.5 Å². The van der Waals surface area contributed by atoms with Crippen LogP contribution < -0.4 is 5.43 Å². The predicted octanol–water partition coefficient (Wildman–Crippen LogP) is 1.48. The third-order valence-corrected chi connectivity index (χ3v) is 3.12. The van der Waals surface area contributed by atoms with Gasteiger partial charge >= 0.3 is 5.97 Å². The number of hydrazone groups is 1. The number of nitro groups is 1. The van der Waals surface area contributed by atoms with E-state index >= 15 is 0 Å². The topological polar surface area (TPSA) is 116 Å². The van der Waals surface area contributed by atoms with Crippen molar-refractivity contribution in [2.45, 2.75) is 0 Å². The molecule has 0 aliphatic heterocycles. The van der Waals surface area contributed by atoms with Gasteiger partial charge in [0.05, 0.1) is 18.2 Å². The number of hydrogen-bond acceptors (Lipinski definition) is 6. The van der Waals surface area contributed by atoms with Gasteiger partial charge in [-0.1, -0.05) is 6.07 Å². The van der Waals surface area contributed by atoms with Gasteiger partial charge in [-0.25, -0.2) is 10.2 Å². The number of benzene rings is 1. The van der Waals surface area contributed by atoms with E-state index in [9.17, 15) is 19.7 Å². The predicted molar refractivity (Wildman–Crippen MR) is 84.9 cm³/mol. The Bertz CT molecular complexity index is 825. The molecule has 1 aromatic heterocycles. The molecule has 9 nitrogen and oxygen atoms in total. The highest BCUT2D eigenvalue weighted by molar-refractivity contribution is 5.96. The van der Waals surface area contributed by atoms with Crippen LogP contribution in [0.4, 0.5) is 5.69 Å². The Hall–Kier alpha value is -3.49. The van der Waals surface area contributed by atoms with Crippen LogP contribution in [-0.2, 0) is 11.8 Å². The summed E-state index contributed by atoms with van der Waals surface area (Å²) >= 11 is 0. The Kier molecular flexibility index (Phi) is 5.05. The standard InChI is InChI=1S/C15H14N4O5/c1-18-9-10(6-13(18)15(21)24-2)8-16-17-14(20)11-4-3-5-12(7-11)19(22)23/h3-9H,1-2H3,(H,17,20). The Labute approximate surface area is 136 Å². The van der Waals surface area contributed by atoms with Crippen molar-refractivity contribution in [3.8, 4) is 0 Å². The van der Waals surface area contributed by atoms with Crippen LogP contribution in [0.5, 0.6) is 0 Å². The van der Waals surface area contributed by atoms with E-state index in [1.807, 2.05) is 0 Å². The third kappa shape index (κ3) is 3.83. The van der Waals surface area contributed by atoms with Gasteiger partial charge in [-0.3, -0.25) is 14.9 Å². The Balaban J connectivity index is 2.06. The number of carbonyl (C=O) groups excluding carboxylic acids is 2. The summed E-state index contributed by atoms with van der Waals surface area (Å²) in [4.78, 5) is 33.5. The lowest BCUT2D eigenvalue weighted by molar-refractivity contribution is -0.384. The second-order valence-electron chi connectivity index (χ2n) is 4.77. The Morgan fingerprint density at radius 3 is 2.79 bits per heavy atom. The van der Waals surface area contributed by atoms with Gasteiger partial charge in [0.25, 0.3) is 11.6 Å². The summed E-state index contributed by atoms with van der Waals surface area (Å²) in [6.45, 7) is 0. The molecule has 0 spiro atoms. The smallest absolute Gasteiger partial charge is 0.354 e. The maximum Gasteiger partial charge on any atom is 0.354 e. The van der Waals surface area contributed by atoms with Gasteiger partial charge in [0, 0.05) is 36.5 Å². The normalized spacial score (nSPS) is 10.6. The van der Waals surface area contributed by atoms with Crippen LogP contribution in [0.25, 0.3) is 0 Å². The van der Waals surface area contributed by atoms with Gasteiger partial charge in [-0.05, 0) is 12.1 Å². The lowest BCUT2D eigenvalue weighted by Crippen LogP contribution is -2.17. The third-order valence-electron chi connectivity index (χ3n) is 3.12. The lowest BCUT2D eigenvalue weighted by Gasteiger charge is -1.99. The number of esters is 1. The maximum atomic E-state index is 11.9. The number of amides is 1. The molecule has 1 heterocycles. The SMILES string of the molecule is COC(=O)c1cc(C=NNC(=O)c2cccc([N+](=O)[O-])c2)cn1C. The molecule has 2 rings (SSSR count). The molecule has 1 aromatic carbocycles. The van der Waals surface area contributed by atoms with E-state index in [1.54, 1.807) is 23.9 Å². The molecule has 0 unspecified atom stereocenters. The van der Waals surface area contributed by atoms with Crippen molar-refractivity contribution in [1.82, 2.24) is 9.99 Å². The van der Waals surface area contributed by atoms with E-state index in [-0.39, 0.29) is 11.3 Å². The number of methoxy groups -OCH3 is 1. The molecule has 24 heavy (non-hydrogen) atoms. The first-order valence-electron chi connectivity index (χ1n) is 6.75. The number of rotatable bonds is 5. The minimum Gasteiger partial charge on any atom is -0.464 e. The van der Waals surface area contributed by atoms with Crippen molar-refractivity contribution in [3.05, 3.63) is 63.5 Å². The molecular formula is C15H14N4O5. The average Bonchev–Trinajstić information content (AvgIpc) is 2.94. The fourth-order valence-corrected chi connectivity index (χ4v) is 1.96.